The number of hydrogen-bond acceptors (Lipinski definition) is 7. The van der Waals surface area contributed by atoms with Gasteiger partial charge in [-0.1, -0.05) is 84.9 Å². The van der Waals surface area contributed by atoms with E-state index in [1.165, 1.54) is 41.0 Å². The smallest absolute Gasteiger partial charge is 0.303 e. The number of carbonyl (C=O) groups excluding carboxylic acids is 2. The zero-order valence-corrected chi connectivity index (χ0v) is 26.9. The van der Waals surface area contributed by atoms with Gasteiger partial charge in [0.25, 0.3) is 5.91 Å². The van der Waals surface area contributed by atoms with Crippen molar-refractivity contribution in [1.29, 1.82) is 0 Å². The minimum absolute atomic E-state index is 0.0254. The Morgan fingerprint density at radius 2 is 1.57 bits per heavy atom. The van der Waals surface area contributed by atoms with E-state index in [1.807, 2.05) is 42.5 Å². The first-order valence-electron chi connectivity index (χ1n) is 15.9. The number of esters is 1. The Morgan fingerprint density at radius 1 is 0.894 bits per heavy atom. The zero-order valence-electron chi connectivity index (χ0n) is 26.9. The predicted octanol–water partition coefficient (Wildman–Crippen LogP) is 7.05. The molecule has 0 radical (unpaired) electrons. The summed E-state index contributed by atoms with van der Waals surface area (Å²) in [6, 6.07) is 34.5. The molecule has 5 aromatic carbocycles. The number of aliphatic hydroxyl groups excluding tert-OH is 1. The van der Waals surface area contributed by atoms with Crippen LogP contribution in [0.3, 0.4) is 0 Å². The maximum atomic E-state index is 12.6. The van der Waals surface area contributed by atoms with Crippen LogP contribution in [0.25, 0.3) is 21.5 Å². The third kappa shape index (κ3) is 7.69. The van der Waals surface area contributed by atoms with Crippen LogP contribution in [-0.2, 0) is 37.0 Å². The third-order valence-corrected chi connectivity index (χ3v) is 8.58. The first-order valence-corrected chi connectivity index (χ1v) is 15.9. The van der Waals surface area contributed by atoms with Crippen LogP contribution in [0, 0.1) is 0 Å². The van der Waals surface area contributed by atoms with Crippen molar-refractivity contribution in [2.24, 2.45) is 0 Å². The summed E-state index contributed by atoms with van der Waals surface area (Å²) in [5, 5.41) is 17.3. The van der Waals surface area contributed by atoms with Crippen LogP contribution in [0.4, 0.5) is 5.69 Å². The summed E-state index contributed by atoms with van der Waals surface area (Å²) in [5.41, 5.74) is 4.43. The Kier molecular flexibility index (Phi) is 9.94. The highest BCUT2D eigenvalue weighted by Gasteiger charge is 2.33. The number of benzene rings is 5. The summed E-state index contributed by atoms with van der Waals surface area (Å²) in [7, 11) is 2.12. The Bertz CT molecular complexity index is 1820. The SMILES string of the molecule is CC(=O)O[C@@H](C)C(=O)Nc1cccc(C2O[C@H](CN(C)Cc3c4ccccc4cc4ccccc34)C[C@H](c3ccc(CO)cc3)O2)c1. The number of carbonyl (C=O) groups is 2. The summed E-state index contributed by atoms with van der Waals surface area (Å²) in [5.74, 6) is -0.946. The minimum atomic E-state index is -0.927. The van der Waals surface area contributed by atoms with Gasteiger partial charge in [-0.25, -0.2) is 0 Å². The number of likely N-dealkylation sites (N-methyl/N-ethyl adjacent to an activating group) is 1. The molecular weight excluding hydrogens is 592 g/mol. The molecule has 6 rings (SSSR count). The normalized spacial score (nSPS) is 18.7. The van der Waals surface area contributed by atoms with E-state index in [0.29, 0.717) is 18.7 Å². The molecule has 8 nitrogen and oxygen atoms in total. The number of nitrogens with one attached hydrogen (secondary N) is 1. The molecule has 1 aliphatic heterocycles. The van der Waals surface area contributed by atoms with Crippen molar-refractivity contribution >= 4 is 39.1 Å². The van der Waals surface area contributed by atoms with Crippen LogP contribution in [0.1, 0.15) is 54.9 Å². The van der Waals surface area contributed by atoms with E-state index in [0.717, 1.165) is 23.2 Å². The lowest BCUT2D eigenvalue weighted by atomic mass is 9.96. The van der Waals surface area contributed by atoms with Crippen molar-refractivity contribution < 1.29 is 28.9 Å². The Labute approximate surface area is 274 Å². The lowest BCUT2D eigenvalue weighted by Crippen LogP contribution is -2.37. The van der Waals surface area contributed by atoms with Gasteiger partial charge in [-0.2, -0.15) is 0 Å². The molecule has 1 fully saturated rings. The molecule has 47 heavy (non-hydrogen) atoms. The fourth-order valence-electron chi connectivity index (χ4n) is 6.30. The fraction of sp³-hybridized carbons (Fsp3) is 0.282. The largest absolute Gasteiger partial charge is 0.453 e. The van der Waals surface area contributed by atoms with Gasteiger partial charge in [-0.15, -0.1) is 0 Å². The third-order valence-electron chi connectivity index (χ3n) is 8.58. The second-order valence-corrected chi connectivity index (χ2v) is 12.2. The molecule has 0 saturated carbocycles. The molecule has 1 saturated heterocycles. The van der Waals surface area contributed by atoms with Gasteiger partial charge >= 0.3 is 5.97 Å². The molecule has 1 amide bonds. The molecular formula is C39H40N2O6. The number of ether oxygens (including phenoxy) is 3. The molecule has 0 aliphatic carbocycles. The molecule has 0 spiro atoms. The molecule has 1 heterocycles. The lowest BCUT2D eigenvalue weighted by molar-refractivity contribution is -0.252. The Hall–Kier alpha value is -4.60. The van der Waals surface area contributed by atoms with Gasteiger partial charge in [-0.3, -0.25) is 14.5 Å². The van der Waals surface area contributed by atoms with E-state index in [9.17, 15) is 14.7 Å². The number of rotatable bonds is 10. The van der Waals surface area contributed by atoms with Crippen molar-refractivity contribution in [2.45, 2.75) is 58.0 Å². The molecule has 0 bridgehead atoms. The second kappa shape index (κ2) is 14.4. The second-order valence-electron chi connectivity index (χ2n) is 12.2. The maximum Gasteiger partial charge on any atom is 0.303 e. The van der Waals surface area contributed by atoms with Crippen molar-refractivity contribution in [2.75, 3.05) is 18.9 Å². The zero-order chi connectivity index (χ0) is 32.9. The maximum absolute atomic E-state index is 12.6. The highest BCUT2D eigenvalue weighted by molar-refractivity contribution is 6.02. The summed E-state index contributed by atoms with van der Waals surface area (Å²) >= 11 is 0. The van der Waals surface area contributed by atoms with E-state index >= 15 is 0 Å². The van der Waals surface area contributed by atoms with Gasteiger partial charge in [0.2, 0.25) is 0 Å². The van der Waals surface area contributed by atoms with Gasteiger partial charge in [-0.05, 0) is 70.4 Å². The van der Waals surface area contributed by atoms with Crippen LogP contribution in [0.5, 0.6) is 0 Å². The molecule has 0 aromatic heterocycles. The van der Waals surface area contributed by atoms with Gasteiger partial charge in [0.05, 0.1) is 18.8 Å². The Balaban J connectivity index is 1.25. The number of aliphatic hydroxyl groups is 1. The number of fused-ring (bicyclic) bond motifs is 2. The van der Waals surface area contributed by atoms with Crippen LogP contribution in [-0.4, -0.2) is 47.7 Å². The quantitative estimate of drug-likeness (QED) is 0.126. The topological polar surface area (TPSA) is 97.3 Å². The van der Waals surface area contributed by atoms with Crippen molar-refractivity contribution in [3.8, 4) is 0 Å². The first-order chi connectivity index (χ1) is 22.8. The van der Waals surface area contributed by atoms with E-state index in [1.54, 1.807) is 6.07 Å². The number of nitrogens with zero attached hydrogens (tertiary/aromatic N) is 1. The van der Waals surface area contributed by atoms with E-state index in [2.05, 4.69) is 71.9 Å². The van der Waals surface area contributed by atoms with Crippen LogP contribution < -0.4 is 5.32 Å². The first kappa shape index (κ1) is 32.3. The molecule has 2 N–H and O–H groups in total. The van der Waals surface area contributed by atoms with Gasteiger partial charge in [0.15, 0.2) is 12.4 Å². The highest BCUT2D eigenvalue weighted by Crippen LogP contribution is 2.39. The molecule has 8 heteroatoms. The number of amides is 1. The number of hydrogen-bond donors (Lipinski definition) is 2. The molecule has 1 aliphatic rings. The average Bonchev–Trinajstić information content (AvgIpc) is 3.08. The van der Waals surface area contributed by atoms with Crippen molar-refractivity contribution in [3.63, 3.8) is 0 Å². The summed E-state index contributed by atoms with van der Waals surface area (Å²) in [6.45, 7) is 4.18. The Morgan fingerprint density at radius 3 is 2.23 bits per heavy atom. The monoisotopic (exact) mass is 632 g/mol. The predicted molar refractivity (Wildman–Crippen MR) is 183 cm³/mol. The highest BCUT2D eigenvalue weighted by atomic mass is 16.7. The molecule has 242 valence electrons. The molecule has 1 unspecified atom stereocenters. The summed E-state index contributed by atoms with van der Waals surface area (Å²) < 4.78 is 18.2. The van der Waals surface area contributed by atoms with Crippen LogP contribution in [0.2, 0.25) is 0 Å². The van der Waals surface area contributed by atoms with E-state index < -0.39 is 24.3 Å². The van der Waals surface area contributed by atoms with Gasteiger partial charge in [0, 0.05) is 37.7 Å². The van der Waals surface area contributed by atoms with E-state index in [4.69, 9.17) is 14.2 Å². The average molecular weight is 633 g/mol. The van der Waals surface area contributed by atoms with Crippen LogP contribution in [0.15, 0.2) is 103 Å². The van der Waals surface area contributed by atoms with Crippen molar-refractivity contribution in [1.82, 2.24) is 4.90 Å². The minimum Gasteiger partial charge on any atom is -0.453 e. The lowest BCUT2D eigenvalue weighted by Gasteiger charge is -2.38. The molecule has 4 atom stereocenters. The molecule has 5 aromatic rings. The van der Waals surface area contributed by atoms with E-state index in [-0.39, 0.29) is 18.8 Å². The van der Waals surface area contributed by atoms with Gasteiger partial charge < -0.3 is 24.6 Å². The van der Waals surface area contributed by atoms with Crippen LogP contribution >= 0.6 is 0 Å². The van der Waals surface area contributed by atoms with Gasteiger partial charge in [0.1, 0.15) is 0 Å². The number of anilines is 1. The summed E-state index contributed by atoms with van der Waals surface area (Å²) in [6.07, 6.45) is -1.38. The fourth-order valence-corrected chi connectivity index (χ4v) is 6.30. The van der Waals surface area contributed by atoms with Crippen molar-refractivity contribution in [3.05, 3.63) is 125 Å². The summed E-state index contributed by atoms with van der Waals surface area (Å²) in [4.78, 5) is 26.3. The standard InChI is InChI=1S/C39H40N2O6/c1-25(45-26(2)43)38(44)40-32-12-8-11-31(20-32)39-46-33(21-37(47-39)28-17-15-27(24-42)16-18-28)22-41(3)23-36-34-13-6-4-9-29(34)19-30-10-5-7-14-35(30)36/h4-20,25,33,37,39,42H,21-24H2,1-3H3,(H,40,44)/t25-,33-,37+,39?/m0/s1.